The number of piperidine rings is 1. The highest BCUT2D eigenvalue weighted by atomic mass is 15.2. The van der Waals surface area contributed by atoms with Gasteiger partial charge in [0, 0.05) is 60.8 Å². The molecule has 3 heterocycles. The second-order valence-corrected chi connectivity index (χ2v) is 9.04. The van der Waals surface area contributed by atoms with Crippen LogP contribution < -0.4 is 5.32 Å². The second kappa shape index (κ2) is 8.03. The van der Waals surface area contributed by atoms with Crippen molar-refractivity contribution in [3.8, 4) is 0 Å². The molecule has 0 spiro atoms. The lowest BCUT2D eigenvalue weighted by Crippen LogP contribution is -2.62. The van der Waals surface area contributed by atoms with Gasteiger partial charge in [-0.25, -0.2) is 9.97 Å². The summed E-state index contributed by atoms with van der Waals surface area (Å²) in [7, 11) is 0. The van der Waals surface area contributed by atoms with Crippen LogP contribution in [0.1, 0.15) is 64.5 Å². The molecule has 0 unspecified atom stereocenters. The molecule has 1 fully saturated rings. The van der Waals surface area contributed by atoms with Crippen LogP contribution in [0.25, 0.3) is 0 Å². The predicted octanol–water partition coefficient (Wildman–Crippen LogP) is 3.75. The topological polar surface area (TPSA) is 53.9 Å². The standard InChI is InChI=1S/C22H33N5/c1-6-20-24-13-17(14-25-20)15-27(16-18-9-7-8-10-23-18)19-11-21(2,3)26-22(4,5)12-19/h7-10,13-14,19,26H,6,11-12,15-16H2,1-5H3. The molecule has 5 heteroatoms. The molecule has 27 heavy (non-hydrogen) atoms. The summed E-state index contributed by atoms with van der Waals surface area (Å²) in [5.41, 5.74) is 2.49. The van der Waals surface area contributed by atoms with E-state index in [9.17, 15) is 0 Å². The average Bonchev–Trinajstić information content (AvgIpc) is 2.60. The highest BCUT2D eigenvalue weighted by molar-refractivity contribution is 5.10. The van der Waals surface area contributed by atoms with Gasteiger partial charge in [0.15, 0.2) is 0 Å². The number of aromatic nitrogens is 3. The van der Waals surface area contributed by atoms with Gasteiger partial charge < -0.3 is 5.32 Å². The lowest BCUT2D eigenvalue weighted by atomic mass is 9.79. The summed E-state index contributed by atoms with van der Waals surface area (Å²) in [6.07, 6.45) is 8.93. The number of hydrogen-bond donors (Lipinski definition) is 1. The van der Waals surface area contributed by atoms with Gasteiger partial charge in [-0.1, -0.05) is 13.0 Å². The predicted molar refractivity (Wildman–Crippen MR) is 109 cm³/mol. The zero-order chi connectivity index (χ0) is 19.5. The van der Waals surface area contributed by atoms with E-state index in [1.165, 1.54) is 0 Å². The Bertz CT molecular complexity index is 708. The molecule has 0 atom stereocenters. The third-order valence-electron chi connectivity index (χ3n) is 5.24. The van der Waals surface area contributed by atoms with Crippen LogP contribution in [0.4, 0.5) is 0 Å². The monoisotopic (exact) mass is 367 g/mol. The molecule has 0 bridgehead atoms. The van der Waals surface area contributed by atoms with E-state index in [4.69, 9.17) is 0 Å². The Labute approximate surface area is 163 Å². The molecule has 2 aromatic rings. The molecular weight excluding hydrogens is 334 g/mol. The summed E-state index contributed by atoms with van der Waals surface area (Å²) in [6.45, 7) is 13.0. The van der Waals surface area contributed by atoms with Crippen LogP contribution >= 0.6 is 0 Å². The lowest BCUT2D eigenvalue weighted by molar-refractivity contribution is 0.0555. The van der Waals surface area contributed by atoms with Gasteiger partial charge in [0.25, 0.3) is 0 Å². The number of nitrogens with zero attached hydrogens (tertiary/aromatic N) is 4. The first-order chi connectivity index (χ1) is 12.8. The molecule has 0 aromatic carbocycles. The molecular formula is C22H33N5. The van der Waals surface area contributed by atoms with Crippen molar-refractivity contribution in [2.75, 3.05) is 0 Å². The largest absolute Gasteiger partial charge is 0.307 e. The molecule has 0 saturated carbocycles. The number of hydrogen-bond acceptors (Lipinski definition) is 5. The Morgan fingerprint density at radius 3 is 2.22 bits per heavy atom. The molecule has 1 aliphatic rings. The molecule has 0 radical (unpaired) electrons. The number of rotatable bonds is 6. The first-order valence-electron chi connectivity index (χ1n) is 9.99. The third-order valence-corrected chi connectivity index (χ3v) is 5.24. The lowest BCUT2D eigenvalue weighted by Gasteiger charge is -2.49. The van der Waals surface area contributed by atoms with Crippen LogP contribution in [-0.4, -0.2) is 37.0 Å². The maximum absolute atomic E-state index is 4.57. The molecule has 2 aromatic heterocycles. The maximum Gasteiger partial charge on any atom is 0.127 e. The van der Waals surface area contributed by atoms with Crippen molar-refractivity contribution in [2.24, 2.45) is 0 Å². The zero-order valence-corrected chi connectivity index (χ0v) is 17.4. The Hall–Kier alpha value is -1.85. The van der Waals surface area contributed by atoms with Crippen molar-refractivity contribution in [2.45, 2.75) is 84.1 Å². The second-order valence-electron chi connectivity index (χ2n) is 9.04. The van der Waals surface area contributed by atoms with Gasteiger partial charge in [0.05, 0.1) is 5.69 Å². The van der Waals surface area contributed by atoms with Crippen molar-refractivity contribution >= 4 is 0 Å². The van der Waals surface area contributed by atoms with E-state index < -0.39 is 0 Å². The minimum atomic E-state index is 0.108. The summed E-state index contributed by atoms with van der Waals surface area (Å²) < 4.78 is 0. The molecule has 1 N–H and O–H groups in total. The van der Waals surface area contributed by atoms with Crippen LogP contribution in [-0.2, 0) is 19.5 Å². The Kier molecular flexibility index (Phi) is 5.92. The molecule has 146 valence electrons. The quantitative estimate of drug-likeness (QED) is 0.843. The molecule has 0 aliphatic carbocycles. The highest BCUT2D eigenvalue weighted by Crippen LogP contribution is 2.32. The van der Waals surface area contributed by atoms with Gasteiger partial charge in [-0.15, -0.1) is 0 Å². The Balaban J connectivity index is 1.84. The van der Waals surface area contributed by atoms with Crippen LogP contribution in [0.15, 0.2) is 36.8 Å². The minimum Gasteiger partial charge on any atom is -0.307 e. The van der Waals surface area contributed by atoms with Crippen LogP contribution in [0.2, 0.25) is 0 Å². The SMILES string of the molecule is CCc1ncc(CN(Cc2ccccn2)C2CC(C)(C)NC(C)(C)C2)cn1. The number of aryl methyl sites for hydroxylation is 1. The highest BCUT2D eigenvalue weighted by Gasteiger charge is 2.40. The third kappa shape index (κ3) is 5.56. The van der Waals surface area contributed by atoms with Crippen molar-refractivity contribution in [3.63, 3.8) is 0 Å². The van der Waals surface area contributed by atoms with Crippen LogP contribution in [0, 0.1) is 0 Å². The van der Waals surface area contributed by atoms with Crippen molar-refractivity contribution in [1.82, 2.24) is 25.2 Å². The smallest absolute Gasteiger partial charge is 0.127 e. The molecule has 5 nitrogen and oxygen atoms in total. The number of nitrogens with one attached hydrogen (secondary N) is 1. The van der Waals surface area contributed by atoms with E-state index in [2.05, 4.69) is 71.9 Å². The summed E-state index contributed by atoms with van der Waals surface area (Å²) in [6, 6.07) is 6.63. The molecule has 3 rings (SSSR count). The minimum absolute atomic E-state index is 0.108. The molecule has 1 saturated heterocycles. The summed E-state index contributed by atoms with van der Waals surface area (Å²) >= 11 is 0. The number of pyridine rings is 1. The maximum atomic E-state index is 4.57. The first-order valence-corrected chi connectivity index (χ1v) is 9.99. The van der Waals surface area contributed by atoms with Gasteiger partial charge >= 0.3 is 0 Å². The normalized spacial score (nSPS) is 19.3. The fourth-order valence-electron chi connectivity index (χ4n) is 4.42. The van der Waals surface area contributed by atoms with Gasteiger partial charge in [-0.2, -0.15) is 0 Å². The fourth-order valence-corrected chi connectivity index (χ4v) is 4.42. The van der Waals surface area contributed by atoms with E-state index in [1.54, 1.807) is 0 Å². The van der Waals surface area contributed by atoms with Gasteiger partial charge in [-0.3, -0.25) is 9.88 Å². The van der Waals surface area contributed by atoms with Gasteiger partial charge in [-0.05, 0) is 52.7 Å². The van der Waals surface area contributed by atoms with E-state index >= 15 is 0 Å². The van der Waals surface area contributed by atoms with Gasteiger partial charge in [0.1, 0.15) is 5.82 Å². The van der Waals surface area contributed by atoms with Crippen molar-refractivity contribution in [1.29, 1.82) is 0 Å². The van der Waals surface area contributed by atoms with Crippen molar-refractivity contribution in [3.05, 3.63) is 53.9 Å². The molecule has 0 amide bonds. The summed E-state index contributed by atoms with van der Waals surface area (Å²) in [5, 5.41) is 3.79. The average molecular weight is 368 g/mol. The van der Waals surface area contributed by atoms with E-state index in [0.29, 0.717) is 6.04 Å². The van der Waals surface area contributed by atoms with E-state index in [0.717, 1.165) is 49.4 Å². The Morgan fingerprint density at radius 2 is 1.67 bits per heavy atom. The van der Waals surface area contributed by atoms with Gasteiger partial charge in [0.2, 0.25) is 0 Å². The molecule has 1 aliphatic heterocycles. The van der Waals surface area contributed by atoms with Crippen molar-refractivity contribution < 1.29 is 0 Å². The fraction of sp³-hybridized carbons (Fsp3) is 0.591. The summed E-state index contributed by atoms with van der Waals surface area (Å²) in [5.74, 6) is 0.902. The van der Waals surface area contributed by atoms with Crippen LogP contribution in [0.5, 0.6) is 0 Å². The summed E-state index contributed by atoms with van der Waals surface area (Å²) in [4.78, 5) is 16.1. The first kappa shape index (κ1) is 19.9. The Morgan fingerprint density at radius 1 is 1.00 bits per heavy atom. The van der Waals surface area contributed by atoms with Crippen LogP contribution in [0.3, 0.4) is 0 Å². The van der Waals surface area contributed by atoms with E-state index in [-0.39, 0.29) is 11.1 Å². The zero-order valence-electron chi connectivity index (χ0n) is 17.4. The van der Waals surface area contributed by atoms with E-state index in [1.807, 2.05) is 24.7 Å².